The summed E-state index contributed by atoms with van der Waals surface area (Å²) in [7, 11) is 0. The van der Waals surface area contributed by atoms with Crippen molar-refractivity contribution in [2.45, 2.75) is 27.2 Å². The quantitative estimate of drug-likeness (QED) is 0.761. The van der Waals surface area contributed by atoms with Crippen LogP contribution in [0.5, 0.6) is 0 Å². The molecule has 2 aliphatic heterocycles. The van der Waals surface area contributed by atoms with Crippen LogP contribution in [0, 0.1) is 13.8 Å². The molecule has 0 N–H and O–H groups in total. The highest BCUT2D eigenvalue weighted by molar-refractivity contribution is 7.99. The lowest BCUT2D eigenvalue weighted by atomic mass is 10.1. The van der Waals surface area contributed by atoms with E-state index in [2.05, 4.69) is 39.7 Å². The van der Waals surface area contributed by atoms with E-state index in [-0.39, 0.29) is 11.7 Å². The second-order valence-corrected chi connectivity index (χ2v) is 9.11. The molecule has 4 rings (SSSR count). The van der Waals surface area contributed by atoms with Crippen LogP contribution in [-0.4, -0.2) is 88.0 Å². The van der Waals surface area contributed by atoms with Crippen molar-refractivity contribution in [3.05, 3.63) is 23.1 Å². The Hall–Kier alpha value is -1.93. The lowest BCUT2D eigenvalue weighted by Crippen LogP contribution is -2.49. The van der Waals surface area contributed by atoms with E-state index in [0.29, 0.717) is 5.65 Å². The SMILES string of the molecule is CCCN1CCN(C(=O)c2nc(N3CCSCC3)c3c(C)cc(C)nc3n2)CC1. The monoisotopic (exact) mass is 414 g/mol. The van der Waals surface area contributed by atoms with Gasteiger partial charge in [-0.2, -0.15) is 11.8 Å². The summed E-state index contributed by atoms with van der Waals surface area (Å²) in [5, 5.41) is 0.979. The normalized spacial score (nSPS) is 18.4. The standard InChI is InChI=1S/C21H30N6OS/c1-4-5-25-6-8-27(9-7-25)21(28)19-23-18-17(15(2)14-16(3)22-18)20(24-19)26-10-12-29-13-11-26/h14H,4-13H2,1-3H3. The van der Waals surface area contributed by atoms with E-state index < -0.39 is 0 Å². The fourth-order valence-electron chi connectivity index (χ4n) is 4.19. The maximum Gasteiger partial charge on any atom is 0.291 e. The van der Waals surface area contributed by atoms with Crippen molar-refractivity contribution in [3.63, 3.8) is 0 Å². The minimum Gasteiger partial charge on any atom is -0.354 e. The lowest BCUT2D eigenvalue weighted by molar-refractivity contribution is 0.0626. The molecule has 2 aromatic rings. The Morgan fingerprint density at radius 1 is 1.03 bits per heavy atom. The number of pyridine rings is 1. The zero-order valence-corrected chi connectivity index (χ0v) is 18.5. The van der Waals surface area contributed by atoms with Gasteiger partial charge in [0.2, 0.25) is 5.82 Å². The van der Waals surface area contributed by atoms with Crippen LogP contribution in [-0.2, 0) is 0 Å². The van der Waals surface area contributed by atoms with E-state index in [0.717, 1.165) is 86.2 Å². The summed E-state index contributed by atoms with van der Waals surface area (Å²) in [6, 6.07) is 2.07. The predicted octanol–water partition coefficient (Wildman–Crippen LogP) is 2.36. The number of rotatable bonds is 4. The Bertz CT molecular complexity index is 890. The lowest BCUT2D eigenvalue weighted by Gasteiger charge is -2.34. The van der Waals surface area contributed by atoms with Crippen molar-refractivity contribution in [2.24, 2.45) is 0 Å². The van der Waals surface area contributed by atoms with E-state index in [1.165, 1.54) is 0 Å². The highest BCUT2D eigenvalue weighted by Gasteiger charge is 2.27. The molecule has 156 valence electrons. The van der Waals surface area contributed by atoms with Crippen molar-refractivity contribution in [1.29, 1.82) is 0 Å². The van der Waals surface area contributed by atoms with Crippen molar-refractivity contribution < 1.29 is 4.79 Å². The molecule has 1 amide bonds. The third-order valence-electron chi connectivity index (χ3n) is 5.67. The number of aromatic nitrogens is 3. The molecule has 0 unspecified atom stereocenters. The summed E-state index contributed by atoms with van der Waals surface area (Å²) in [5.74, 6) is 3.23. The molecular formula is C21H30N6OS. The van der Waals surface area contributed by atoms with Crippen LogP contribution in [0.3, 0.4) is 0 Å². The first kappa shape index (κ1) is 20.3. The van der Waals surface area contributed by atoms with Crippen LogP contribution in [0.1, 0.15) is 35.2 Å². The van der Waals surface area contributed by atoms with E-state index in [1.54, 1.807) is 0 Å². The van der Waals surface area contributed by atoms with Crippen LogP contribution >= 0.6 is 11.8 Å². The fraction of sp³-hybridized carbons (Fsp3) is 0.619. The Balaban J connectivity index is 1.68. The van der Waals surface area contributed by atoms with Gasteiger partial charge in [0.15, 0.2) is 5.65 Å². The Labute approximate surface area is 176 Å². The molecule has 0 radical (unpaired) electrons. The van der Waals surface area contributed by atoms with Crippen LogP contribution < -0.4 is 4.90 Å². The van der Waals surface area contributed by atoms with Crippen LogP contribution in [0.15, 0.2) is 6.07 Å². The number of piperazine rings is 1. The van der Waals surface area contributed by atoms with Gasteiger partial charge in [0.1, 0.15) is 5.82 Å². The summed E-state index contributed by atoms with van der Waals surface area (Å²) in [6.45, 7) is 12.5. The first-order valence-electron chi connectivity index (χ1n) is 10.6. The maximum atomic E-state index is 13.2. The van der Waals surface area contributed by atoms with Crippen molar-refractivity contribution in [3.8, 4) is 0 Å². The smallest absolute Gasteiger partial charge is 0.291 e. The van der Waals surface area contributed by atoms with E-state index in [4.69, 9.17) is 4.98 Å². The minimum atomic E-state index is -0.0726. The van der Waals surface area contributed by atoms with Crippen LogP contribution in [0.4, 0.5) is 5.82 Å². The van der Waals surface area contributed by atoms with Gasteiger partial charge >= 0.3 is 0 Å². The average Bonchev–Trinajstić information content (AvgIpc) is 2.73. The van der Waals surface area contributed by atoms with Gasteiger partial charge in [0, 0.05) is 56.5 Å². The Kier molecular flexibility index (Phi) is 6.20. The Morgan fingerprint density at radius 2 is 1.76 bits per heavy atom. The maximum absolute atomic E-state index is 13.2. The number of carbonyl (C=O) groups is 1. The van der Waals surface area contributed by atoms with Gasteiger partial charge in [0.05, 0.1) is 5.39 Å². The number of aryl methyl sites for hydroxylation is 2. The largest absolute Gasteiger partial charge is 0.354 e. The molecule has 4 heterocycles. The number of hydrogen-bond donors (Lipinski definition) is 0. The number of nitrogens with zero attached hydrogens (tertiary/aromatic N) is 6. The molecule has 8 heteroatoms. The zero-order chi connectivity index (χ0) is 20.4. The molecule has 0 bridgehead atoms. The molecule has 7 nitrogen and oxygen atoms in total. The first-order chi connectivity index (χ1) is 14.1. The van der Waals surface area contributed by atoms with Crippen molar-refractivity contribution in [1.82, 2.24) is 24.8 Å². The molecule has 0 saturated carbocycles. The second kappa shape index (κ2) is 8.83. The number of anilines is 1. The van der Waals surface area contributed by atoms with Crippen LogP contribution in [0.25, 0.3) is 11.0 Å². The molecule has 0 spiro atoms. The summed E-state index contributed by atoms with van der Waals surface area (Å²) in [5.41, 5.74) is 2.67. The molecule has 2 saturated heterocycles. The first-order valence-corrected chi connectivity index (χ1v) is 11.7. The van der Waals surface area contributed by atoms with E-state index in [9.17, 15) is 4.79 Å². The molecule has 2 aliphatic rings. The number of hydrogen-bond acceptors (Lipinski definition) is 7. The molecule has 0 atom stereocenters. The summed E-state index contributed by atoms with van der Waals surface area (Å²) >= 11 is 1.96. The van der Waals surface area contributed by atoms with Gasteiger partial charge < -0.3 is 9.80 Å². The highest BCUT2D eigenvalue weighted by Crippen LogP contribution is 2.29. The molecule has 2 aromatic heterocycles. The van der Waals surface area contributed by atoms with Gasteiger partial charge in [-0.3, -0.25) is 9.69 Å². The third kappa shape index (κ3) is 4.33. The van der Waals surface area contributed by atoms with Crippen molar-refractivity contribution in [2.75, 3.05) is 62.2 Å². The molecule has 0 aromatic carbocycles. The topological polar surface area (TPSA) is 65.5 Å². The molecular weight excluding hydrogens is 384 g/mol. The number of thioether (sulfide) groups is 1. The summed E-state index contributed by atoms with van der Waals surface area (Å²) in [4.78, 5) is 33.9. The van der Waals surface area contributed by atoms with Gasteiger partial charge in [-0.15, -0.1) is 0 Å². The number of carbonyl (C=O) groups excluding carboxylic acids is 1. The van der Waals surface area contributed by atoms with Gasteiger partial charge in [-0.05, 0) is 38.4 Å². The molecule has 29 heavy (non-hydrogen) atoms. The highest BCUT2D eigenvalue weighted by atomic mass is 32.2. The van der Waals surface area contributed by atoms with E-state index in [1.807, 2.05) is 23.6 Å². The number of amides is 1. The van der Waals surface area contributed by atoms with Crippen LogP contribution in [0.2, 0.25) is 0 Å². The Morgan fingerprint density at radius 3 is 2.45 bits per heavy atom. The molecule has 2 fully saturated rings. The summed E-state index contributed by atoms with van der Waals surface area (Å²) < 4.78 is 0. The number of fused-ring (bicyclic) bond motifs is 1. The van der Waals surface area contributed by atoms with Gasteiger partial charge in [-0.25, -0.2) is 15.0 Å². The molecule has 0 aliphatic carbocycles. The third-order valence-corrected chi connectivity index (χ3v) is 6.62. The van der Waals surface area contributed by atoms with Crippen molar-refractivity contribution >= 4 is 34.5 Å². The van der Waals surface area contributed by atoms with E-state index >= 15 is 0 Å². The average molecular weight is 415 g/mol. The predicted molar refractivity (Wildman–Crippen MR) is 119 cm³/mol. The minimum absolute atomic E-state index is 0.0726. The van der Waals surface area contributed by atoms with Gasteiger partial charge in [-0.1, -0.05) is 6.92 Å². The zero-order valence-electron chi connectivity index (χ0n) is 17.6. The summed E-state index contributed by atoms with van der Waals surface area (Å²) in [6.07, 6.45) is 1.14. The van der Waals surface area contributed by atoms with Gasteiger partial charge in [0.25, 0.3) is 5.91 Å². The fourth-order valence-corrected chi connectivity index (χ4v) is 5.09. The second-order valence-electron chi connectivity index (χ2n) is 7.88.